The van der Waals surface area contributed by atoms with Gasteiger partial charge in [0, 0.05) is 11.3 Å². The predicted octanol–water partition coefficient (Wildman–Crippen LogP) is 1.60. The van der Waals surface area contributed by atoms with E-state index in [1.165, 1.54) is 6.92 Å². The minimum absolute atomic E-state index is 0.172. The van der Waals surface area contributed by atoms with Gasteiger partial charge >= 0.3 is 5.97 Å². The van der Waals surface area contributed by atoms with Crippen molar-refractivity contribution < 1.29 is 19.4 Å². The molecule has 22 heavy (non-hydrogen) atoms. The van der Waals surface area contributed by atoms with Crippen molar-refractivity contribution in [3.05, 3.63) is 35.7 Å². The Hall–Kier alpha value is -2.83. The molecule has 7 nitrogen and oxygen atoms in total. The number of nitrogens with one attached hydrogen (secondary N) is 2. The van der Waals surface area contributed by atoms with Crippen molar-refractivity contribution in [2.45, 2.75) is 19.9 Å². The summed E-state index contributed by atoms with van der Waals surface area (Å²) in [6.07, 6.45) is 0. The first-order chi connectivity index (χ1) is 10.4. The van der Waals surface area contributed by atoms with Gasteiger partial charge in [-0.25, -0.2) is 4.98 Å². The molecule has 0 saturated carbocycles. The van der Waals surface area contributed by atoms with Crippen molar-refractivity contribution in [3.8, 4) is 17.1 Å². The molecule has 0 spiro atoms. The molecule has 0 aliphatic heterocycles. The van der Waals surface area contributed by atoms with E-state index in [2.05, 4.69) is 15.3 Å². The first-order valence-corrected chi connectivity index (χ1v) is 6.67. The van der Waals surface area contributed by atoms with Crippen LogP contribution in [-0.2, 0) is 4.79 Å². The van der Waals surface area contributed by atoms with Gasteiger partial charge < -0.3 is 20.1 Å². The second kappa shape index (κ2) is 6.30. The molecule has 1 atom stereocenters. The van der Waals surface area contributed by atoms with Crippen molar-refractivity contribution in [1.29, 1.82) is 0 Å². The zero-order valence-corrected chi connectivity index (χ0v) is 12.5. The molecule has 0 saturated heterocycles. The van der Waals surface area contributed by atoms with E-state index < -0.39 is 17.9 Å². The number of carbonyl (C=O) groups is 2. The first-order valence-electron chi connectivity index (χ1n) is 6.67. The summed E-state index contributed by atoms with van der Waals surface area (Å²) < 4.78 is 5.15. The van der Waals surface area contributed by atoms with Gasteiger partial charge in [0.15, 0.2) is 0 Å². The Balaban J connectivity index is 2.27. The molecular formula is C15H17N3O4. The van der Waals surface area contributed by atoms with E-state index in [4.69, 9.17) is 9.84 Å². The molecule has 1 heterocycles. The summed E-state index contributed by atoms with van der Waals surface area (Å²) in [5, 5.41) is 11.2. The molecule has 0 aliphatic rings. The van der Waals surface area contributed by atoms with Crippen LogP contribution in [0.3, 0.4) is 0 Å². The quantitative estimate of drug-likeness (QED) is 0.778. The van der Waals surface area contributed by atoms with Gasteiger partial charge in [0.2, 0.25) is 0 Å². The maximum atomic E-state index is 12.1. The number of aromatic nitrogens is 2. The summed E-state index contributed by atoms with van der Waals surface area (Å²) in [4.78, 5) is 30.1. The average molecular weight is 303 g/mol. The van der Waals surface area contributed by atoms with E-state index >= 15 is 0 Å². The molecule has 116 valence electrons. The highest BCUT2D eigenvalue weighted by molar-refractivity contribution is 5.96. The summed E-state index contributed by atoms with van der Waals surface area (Å²) in [5.41, 5.74) is 1.51. The fourth-order valence-corrected chi connectivity index (χ4v) is 1.92. The van der Waals surface area contributed by atoms with Crippen LogP contribution in [0.5, 0.6) is 5.75 Å². The molecule has 0 radical (unpaired) electrons. The zero-order chi connectivity index (χ0) is 16.3. The Kier molecular flexibility index (Phi) is 4.45. The molecule has 2 aromatic rings. The highest BCUT2D eigenvalue weighted by Crippen LogP contribution is 2.22. The minimum Gasteiger partial charge on any atom is -0.497 e. The zero-order valence-electron chi connectivity index (χ0n) is 12.5. The lowest BCUT2D eigenvalue weighted by Crippen LogP contribution is -2.38. The number of carboxylic acids is 1. The maximum Gasteiger partial charge on any atom is 0.325 e. The largest absolute Gasteiger partial charge is 0.497 e. The highest BCUT2D eigenvalue weighted by atomic mass is 16.5. The predicted molar refractivity (Wildman–Crippen MR) is 79.9 cm³/mol. The van der Waals surface area contributed by atoms with Crippen LogP contribution in [0, 0.1) is 6.92 Å². The van der Waals surface area contributed by atoms with Crippen molar-refractivity contribution in [2.75, 3.05) is 7.11 Å². The molecule has 2 rings (SSSR count). The fraction of sp³-hybridized carbons (Fsp3) is 0.267. The van der Waals surface area contributed by atoms with Gasteiger partial charge in [0.05, 0.1) is 7.11 Å². The number of imidazole rings is 1. The van der Waals surface area contributed by atoms with Crippen LogP contribution in [0.25, 0.3) is 11.4 Å². The molecule has 1 amide bonds. The SMILES string of the molecule is COc1cccc(-c2nc(C(=O)N[C@H](C)C(=O)O)c(C)[nH]2)c1. The van der Waals surface area contributed by atoms with E-state index in [0.29, 0.717) is 17.3 Å². The Labute approximate surface area is 127 Å². The smallest absolute Gasteiger partial charge is 0.325 e. The second-order valence-electron chi connectivity index (χ2n) is 4.82. The minimum atomic E-state index is -1.10. The van der Waals surface area contributed by atoms with E-state index in [9.17, 15) is 9.59 Å². The summed E-state index contributed by atoms with van der Waals surface area (Å²) >= 11 is 0. The number of hydrogen-bond acceptors (Lipinski definition) is 4. The molecule has 1 aromatic heterocycles. The highest BCUT2D eigenvalue weighted by Gasteiger charge is 2.20. The van der Waals surface area contributed by atoms with Gasteiger partial charge in [-0.15, -0.1) is 0 Å². The number of rotatable bonds is 5. The number of aryl methyl sites for hydroxylation is 1. The first kappa shape index (κ1) is 15.6. The number of aromatic amines is 1. The van der Waals surface area contributed by atoms with Crippen LogP contribution in [0.15, 0.2) is 24.3 Å². The molecule has 0 bridgehead atoms. The van der Waals surface area contributed by atoms with Crippen molar-refractivity contribution in [3.63, 3.8) is 0 Å². The topological polar surface area (TPSA) is 104 Å². The van der Waals surface area contributed by atoms with E-state index in [1.54, 1.807) is 20.1 Å². The van der Waals surface area contributed by atoms with Crippen molar-refractivity contribution in [2.24, 2.45) is 0 Å². The molecule has 1 aromatic carbocycles. The van der Waals surface area contributed by atoms with Crippen LogP contribution in [-0.4, -0.2) is 40.1 Å². The molecular weight excluding hydrogens is 286 g/mol. The van der Waals surface area contributed by atoms with Crippen LogP contribution in [0.2, 0.25) is 0 Å². The lowest BCUT2D eigenvalue weighted by Gasteiger charge is -2.07. The van der Waals surface area contributed by atoms with Crippen molar-refractivity contribution in [1.82, 2.24) is 15.3 Å². The van der Waals surface area contributed by atoms with Gasteiger partial charge in [0.25, 0.3) is 5.91 Å². The Morgan fingerprint density at radius 1 is 1.41 bits per heavy atom. The number of amides is 1. The van der Waals surface area contributed by atoms with Gasteiger partial charge in [0.1, 0.15) is 23.3 Å². The number of nitrogens with zero attached hydrogens (tertiary/aromatic N) is 1. The molecule has 3 N–H and O–H groups in total. The number of carboxylic acid groups (broad SMARTS) is 1. The number of ether oxygens (including phenoxy) is 1. The van der Waals surface area contributed by atoms with E-state index in [1.807, 2.05) is 18.2 Å². The number of hydrogen-bond donors (Lipinski definition) is 3. The van der Waals surface area contributed by atoms with Gasteiger partial charge in [-0.2, -0.15) is 0 Å². The lowest BCUT2D eigenvalue weighted by molar-refractivity contribution is -0.138. The summed E-state index contributed by atoms with van der Waals surface area (Å²) in [5.74, 6) is -0.436. The number of carbonyl (C=O) groups excluding carboxylic acids is 1. The summed E-state index contributed by atoms with van der Waals surface area (Å²) in [7, 11) is 1.57. The monoisotopic (exact) mass is 303 g/mol. The van der Waals surface area contributed by atoms with Crippen molar-refractivity contribution >= 4 is 11.9 Å². The fourth-order valence-electron chi connectivity index (χ4n) is 1.92. The third-order valence-electron chi connectivity index (χ3n) is 3.16. The Bertz CT molecular complexity index is 709. The van der Waals surface area contributed by atoms with Crippen LogP contribution in [0.4, 0.5) is 0 Å². The Morgan fingerprint density at radius 2 is 2.14 bits per heavy atom. The van der Waals surface area contributed by atoms with Crippen LogP contribution < -0.4 is 10.1 Å². The molecule has 0 unspecified atom stereocenters. The lowest BCUT2D eigenvalue weighted by atomic mass is 10.2. The number of H-pyrrole nitrogens is 1. The standard InChI is InChI=1S/C15H17N3O4/c1-8-12(14(19)17-9(2)15(20)21)18-13(16-8)10-5-4-6-11(7-10)22-3/h4-7,9H,1-3H3,(H,16,18)(H,17,19)(H,20,21)/t9-/m1/s1. The van der Waals surface area contributed by atoms with Gasteiger partial charge in [-0.05, 0) is 26.0 Å². The number of methoxy groups -OCH3 is 1. The average Bonchev–Trinajstić information content (AvgIpc) is 2.89. The second-order valence-corrected chi connectivity index (χ2v) is 4.82. The number of aliphatic carboxylic acids is 1. The summed E-state index contributed by atoms with van der Waals surface area (Å²) in [6, 6.07) is 6.27. The maximum absolute atomic E-state index is 12.1. The van der Waals surface area contributed by atoms with Gasteiger partial charge in [-0.3, -0.25) is 9.59 Å². The normalized spacial score (nSPS) is 11.8. The molecule has 0 aliphatic carbocycles. The van der Waals surface area contributed by atoms with Gasteiger partial charge in [-0.1, -0.05) is 12.1 Å². The summed E-state index contributed by atoms with van der Waals surface area (Å²) in [6.45, 7) is 3.10. The molecule has 0 fully saturated rings. The van der Waals surface area contributed by atoms with E-state index in [-0.39, 0.29) is 5.69 Å². The van der Waals surface area contributed by atoms with Crippen LogP contribution in [0.1, 0.15) is 23.1 Å². The van der Waals surface area contributed by atoms with E-state index in [0.717, 1.165) is 5.56 Å². The number of benzene rings is 1. The third kappa shape index (κ3) is 3.25. The third-order valence-corrected chi connectivity index (χ3v) is 3.16. The Morgan fingerprint density at radius 3 is 2.77 bits per heavy atom. The molecule has 7 heteroatoms. The van der Waals surface area contributed by atoms with Crippen LogP contribution >= 0.6 is 0 Å².